The van der Waals surface area contributed by atoms with Crippen molar-refractivity contribution in [3.63, 3.8) is 0 Å². The second-order valence-electron chi connectivity index (χ2n) is 5.49. The van der Waals surface area contributed by atoms with E-state index in [-0.39, 0.29) is 5.56 Å². The quantitative estimate of drug-likeness (QED) is 0.943. The molecule has 22 heavy (non-hydrogen) atoms. The van der Waals surface area contributed by atoms with E-state index in [1.165, 1.54) is 28.9 Å². The zero-order valence-electron chi connectivity index (χ0n) is 12.1. The van der Waals surface area contributed by atoms with Crippen molar-refractivity contribution in [3.8, 4) is 0 Å². The maximum Gasteiger partial charge on any atom is 0.267 e. The molecular weight excluding hydrogens is 285 g/mol. The van der Waals surface area contributed by atoms with Gasteiger partial charge < -0.3 is 5.32 Å². The number of carbonyl (C=O) groups excluding carboxylic acids is 1. The summed E-state index contributed by atoms with van der Waals surface area (Å²) >= 11 is 0. The van der Waals surface area contributed by atoms with Crippen LogP contribution in [0.5, 0.6) is 0 Å². The van der Waals surface area contributed by atoms with Crippen LogP contribution in [0.15, 0.2) is 41.2 Å². The number of benzene rings is 1. The minimum absolute atomic E-state index is 0.328. The number of rotatable bonds is 4. The third-order valence-corrected chi connectivity index (χ3v) is 3.68. The average Bonchev–Trinajstić information content (AvgIpc) is 3.32. The predicted octanol–water partition coefficient (Wildman–Crippen LogP) is 2.46. The predicted molar refractivity (Wildman–Crippen MR) is 80.2 cm³/mol. The lowest BCUT2D eigenvalue weighted by molar-refractivity contribution is -0.119. The van der Waals surface area contributed by atoms with Gasteiger partial charge in [-0.25, -0.2) is 9.07 Å². The molecule has 1 amide bonds. The lowest BCUT2D eigenvalue weighted by atomic mass is 10.2. The first kappa shape index (κ1) is 14.4. The van der Waals surface area contributed by atoms with Gasteiger partial charge in [-0.3, -0.25) is 9.59 Å². The standard InChI is InChI=1S/C16H16FN3O2/c1-10(16(22)18-13-4-2-3-12(17)9-13)20-15(21)8-7-14(19-20)11-5-6-11/h2-4,7-11H,5-6H2,1H3,(H,18,22). The number of aromatic nitrogens is 2. The fraction of sp³-hybridized carbons (Fsp3) is 0.312. The SMILES string of the molecule is CC(C(=O)Nc1cccc(F)c1)n1nc(C2CC2)ccc1=O. The van der Waals surface area contributed by atoms with Crippen LogP contribution >= 0.6 is 0 Å². The molecule has 114 valence electrons. The molecule has 1 saturated carbocycles. The van der Waals surface area contributed by atoms with Crippen molar-refractivity contribution in [1.82, 2.24) is 9.78 Å². The summed E-state index contributed by atoms with van der Waals surface area (Å²) in [6.07, 6.45) is 2.13. The van der Waals surface area contributed by atoms with Crippen molar-refractivity contribution in [2.75, 3.05) is 5.32 Å². The van der Waals surface area contributed by atoms with E-state index in [0.717, 1.165) is 18.5 Å². The van der Waals surface area contributed by atoms with Crippen LogP contribution in [0.2, 0.25) is 0 Å². The van der Waals surface area contributed by atoms with Crippen molar-refractivity contribution in [2.24, 2.45) is 0 Å². The van der Waals surface area contributed by atoms with Crippen LogP contribution < -0.4 is 10.9 Å². The first-order valence-corrected chi connectivity index (χ1v) is 7.21. The molecule has 0 bridgehead atoms. The second-order valence-corrected chi connectivity index (χ2v) is 5.49. The smallest absolute Gasteiger partial charge is 0.267 e. The van der Waals surface area contributed by atoms with Gasteiger partial charge in [0.2, 0.25) is 5.91 Å². The lowest BCUT2D eigenvalue weighted by Gasteiger charge is -2.15. The summed E-state index contributed by atoms with van der Waals surface area (Å²) in [5.74, 6) is -0.449. The van der Waals surface area contributed by atoms with E-state index in [1.807, 2.05) is 0 Å². The van der Waals surface area contributed by atoms with Gasteiger partial charge in [0.1, 0.15) is 11.9 Å². The van der Waals surface area contributed by atoms with Gasteiger partial charge in [-0.15, -0.1) is 0 Å². The molecule has 1 aliphatic rings. The Morgan fingerprint density at radius 2 is 2.14 bits per heavy atom. The third-order valence-electron chi connectivity index (χ3n) is 3.68. The van der Waals surface area contributed by atoms with E-state index in [9.17, 15) is 14.0 Å². The van der Waals surface area contributed by atoms with Gasteiger partial charge in [-0.2, -0.15) is 5.10 Å². The molecule has 1 fully saturated rings. The highest BCUT2D eigenvalue weighted by Crippen LogP contribution is 2.38. The van der Waals surface area contributed by atoms with Gasteiger partial charge in [0.25, 0.3) is 5.56 Å². The minimum Gasteiger partial charge on any atom is -0.324 e. The number of hydrogen-bond acceptors (Lipinski definition) is 3. The summed E-state index contributed by atoms with van der Waals surface area (Å²) < 4.78 is 14.3. The highest BCUT2D eigenvalue weighted by molar-refractivity contribution is 5.93. The van der Waals surface area contributed by atoms with Gasteiger partial charge in [-0.1, -0.05) is 6.07 Å². The molecule has 1 aliphatic carbocycles. The molecule has 1 unspecified atom stereocenters. The Labute approximate surface area is 126 Å². The van der Waals surface area contributed by atoms with Crippen LogP contribution in [-0.2, 0) is 4.79 Å². The van der Waals surface area contributed by atoms with Gasteiger partial charge in [0, 0.05) is 17.7 Å². The van der Waals surface area contributed by atoms with Gasteiger partial charge >= 0.3 is 0 Å². The molecule has 0 aliphatic heterocycles. The lowest BCUT2D eigenvalue weighted by Crippen LogP contribution is -2.33. The molecule has 3 rings (SSSR count). The molecule has 0 radical (unpaired) electrons. The Morgan fingerprint density at radius 3 is 2.82 bits per heavy atom. The Balaban J connectivity index is 1.80. The maximum absolute atomic E-state index is 13.1. The van der Waals surface area contributed by atoms with E-state index >= 15 is 0 Å². The molecule has 0 saturated heterocycles. The van der Waals surface area contributed by atoms with Crippen molar-refractivity contribution >= 4 is 11.6 Å². The zero-order chi connectivity index (χ0) is 15.7. The van der Waals surface area contributed by atoms with Crippen molar-refractivity contribution in [1.29, 1.82) is 0 Å². The molecule has 0 spiro atoms. The first-order valence-electron chi connectivity index (χ1n) is 7.21. The Kier molecular flexibility index (Phi) is 3.75. The normalized spacial score (nSPS) is 15.4. The highest BCUT2D eigenvalue weighted by atomic mass is 19.1. The molecular formula is C16H16FN3O2. The number of carbonyl (C=O) groups is 1. The average molecular weight is 301 g/mol. The van der Waals surface area contributed by atoms with Crippen molar-refractivity contribution in [3.05, 3.63) is 58.3 Å². The topological polar surface area (TPSA) is 64.0 Å². The second kappa shape index (κ2) is 5.71. The maximum atomic E-state index is 13.1. The molecule has 1 atom stereocenters. The van der Waals surface area contributed by atoms with E-state index in [1.54, 1.807) is 19.1 Å². The van der Waals surface area contributed by atoms with Gasteiger partial charge in [0.15, 0.2) is 0 Å². The van der Waals surface area contributed by atoms with Gasteiger partial charge in [0.05, 0.1) is 5.69 Å². The van der Waals surface area contributed by atoms with Crippen LogP contribution in [0.4, 0.5) is 10.1 Å². The van der Waals surface area contributed by atoms with Crippen molar-refractivity contribution in [2.45, 2.75) is 31.7 Å². The Morgan fingerprint density at radius 1 is 1.36 bits per heavy atom. The van der Waals surface area contributed by atoms with E-state index in [4.69, 9.17) is 0 Å². The van der Waals surface area contributed by atoms with Crippen LogP contribution in [0.25, 0.3) is 0 Å². The molecule has 1 N–H and O–H groups in total. The number of hydrogen-bond donors (Lipinski definition) is 1. The molecule has 2 aromatic rings. The number of nitrogens with zero attached hydrogens (tertiary/aromatic N) is 2. The Hall–Kier alpha value is -2.50. The minimum atomic E-state index is -0.769. The van der Waals surface area contributed by atoms with Crippen molar-refractivity contribution < 1.29 is 9.18 Å². The van der Waals surface area contributed by atoms with E-state index in [0.29, 0.717) is 11.6 Å². The third kappa shape index (κ3) is 3.05. The molecule has 1 heterocycles. The van der Waals surface area contributed by atoms with Crippen LogP contribution in [0, 0.1) is 5.82 Å². The summed E-state index contributed by atoms with van der Waals surface area (Å²) in [4.78, 5) is 24.2. The summed E-state index contributed by atoms with van der Waals surface area (Å²) in [5.41, 5.74) is 0.861. The summed E-state index contributed by atoms with van der Waals surface area (Å²) in [6.45, 7) is 1.60. The van der Waals surface area contributed by atoms with Crippen LogP contribution in [-0.4, -0.2) is 15.7 Å². The summed E-state index contributed by atoms with van der Waals surface area (Å²) in [6, 6.07) is 8.00. The van der Waals surface area contributed by atoms with Crippen LogP contribution in [0.3, 0.4) is 0 Å². The first-order chi connectivity index (χ1) is 10.5. The molecule has 5 nitrogen and oxygen atoms in total. The number of halogens is 1. The number of amides is 1. The molecule has 1 aromatic carbocycles. The largest absolute Gasteiger partial charge is 0.324 e. The monoisotopic (exact) mass is 301 g/mol. The Bertz CT molecular complexity index is 768. The molecule has 6 heteroatoms. The summed E-state index contributed by atoms with van der Waals surface area (Å²) in [5, 5.41) is 6.88. The number of anilines is 1. The fourth-order valence-electron chi connectivity index (χ4n) is 2.24. The zero-order valence-corrected chi connectivity index (χ0v) is 12.1. The van der Waals surface area contributed by atoms with E-state index in [2.05, 4.69) is 10.4 Å². The van der Waals surface area contributed by atoms with E-state index < -0.39 is 17.8 Å². The van der Waals surface area contributed by atoms with Gasteiger partial charge in [-0.05, 0) is 44.0 Å². The summed E-state index contributed by atoms with van der Waals surface area (Å²) in [7, 11) is 0. The fourth-order valence-corrected chi connectivity index (χ4v) is 2.24. The van der Waals surface area contributed by atoms with Crippen LogP contribution in [0.1, 0.15) is 37.4 Å². The molecule has 1 aromatic heterocycles. The highest BCUT2D eigenvalue weighted by Gasteiger charge is 2.27. The number of nitrogens with one attached hydrogen (secondary N) is 1.